The van der Waals surface area contributed by atoms with Gasteiger partial charge in [-0.2, -0.15) is 0 Å². The summed E-state index contributed by atoms with van der Waals surface area (Å²) in [7, 11) is 1.27. The Bertz CT molecular complexity index is 1080. The van der Waals surface area contributed by atoms with Gasteiger partial charge in [0, 0.05) is 18.9 Å². The van der Waals surface area contributed by atoms with Gasteiger partial charge < -0.3 is 14.6 Å². The third kappa shape index (κ3) is 4.71. The highest BCUT2D eigenvalue weighted by Gasteiger charge is 2.17. The molecule has 0 aliphatic rings. The van der Waals surface area contributed by atoms with Gasteiger partial charge in [0.2, 0.25) is 0 Å². The van der Waals surface area contributed by atoms with E-state index in [1.54, 1.807) is 10.6 Å². The zero-order valence-corrected chi connectivity index (χ0v) is 16.8. The Morgan fingerprint density at radius 3 is 2.50 bits per heavy atom. The van der Waals surface area contributed by atoms with Crippen LogP contribution in [0.2, 0.25) is 0 Å². The van der Waals surface area contributed by atoms with Gasteiger partial charge in [-0.3, -0.25) is 4.79 Å². The molecule has 3 aromatic rings. The Morgan fingerprint density at radius 1 is 1.13 bits per heavy atom. The van der Waals surface area contributed by atoms with Crippen molar-refractivity contribution in [2.75, 3.05) is 12.4 Å². The summed E-state index contributed by atoms with van der Waals surface area (Å²) in [4.78, 5) is 28.4. The van der Waals surface area contributed by atoms with Crippen LogP contribution in [-0.2, 0) is 11.3 Å². The van der Waals surface area contributed by atoms with Gasteiger partial charge in [-0.1, -0.05) is 19.9 Å². The summed E-state index contributed by atoms with van der Waals surface area (Å²) in [6, 6.07) is 8.39. The quantitative estimate of drug-likeness (QED) is 0.609. The van der Waals surface area contributed by atoms with Crippen molar-refractivity contribution in [2.45, 2.75) is 26.3 Å². The molecule has 1 aromatic carbocycles. The van der Waals surface area contributed by atoms with E-state index in [-0.39, 0.29) is 23.8 Å². The van der Waals surface area contributed by atoms with E-state index in [0.717, 1.165) is 17.7 Å². The van der Waals surface area contributed by atoms with Crippen LogP contribution in [0.5, 0.6) is 0 Å². The Morgan fingerprint density at radius 2 is 1.90 bits per heavy atom. The van der Waals surface area contributed by atoms with Gasteiger partial charge in [0.25, 0.3) is 5.91 Å². The van der Waals surface area contributed by atoms with Gasteiger partial charge >= 0.3 is 5.97 Å². The van der Waals surface area contributed by atoms with Gasteiger partial charge in [0.15, 0.2) is 11.6 Å². The van der Waals surface area contributed by atoms with Crippen molar-refractivity contribution in [3.05, 3.63) is 82.8 Å². The summed E-state index contributed by atoms with van der Waals surface area (Å²) >= 11 is 0. The number of halogens is 2. The molecule has 0 radical (unpaired) electrons. The van der Waals surface area contributed by atoms with Crippen molar-refractivity contribution in [1.82, 2.24) is 9.55 Å². The molecule has 0 spiro atoms. The molecule has 6 nitrogen and oxygen atoms in total. The first-order valence-electron chi connectivity index (χ1n) is 9.28. The van der Waals surface area contributed by atoms with E-state index in [9.17, 15) is 18.4 Å². The van der Waals surface area contributed by atoms with Gasteiger partial charge in [-0.05, 0) is 47.4 Å². The molecule has 0 saturated heterocycles. The number of carbonyl (C=O) groups is 2. The molecule has 0 aliphatic carbocycles. The summed E-state index contributed by atoms with van der Waals surface area (Å²) in [5.41, 5.74) is 2.06. The number of pyridine rings is 1. The molecule has 156 valence electrons. The normalized spacial score (nSPS) is 10.9. The molecule has 1 N–H and O–H groups in total. The molecular formula is C22H21F2N3O3. The summed E-state index contributed by atoms with van der Waals surface area (Å²) in [5.74, 6) is -2.37. The van der Waals surface area contributed by atoms with E-state index in [2.05, 4.69) is 15.0 Å². The summed E-state index contributed by atoms with van der Waals surface area (Å²) in [6.45, 7) is 4.18. The fraction of sp³-hybridized carbons (Fsp3) is 0.227. The van der Waals surface area contributed by atoms with Gasteiger partial charge in [-0.15, -0.1) is 0 Å². The fourth-order valence-corrected chi connectivity index (χ4v) is 2.89. The molecular weight excluding hydrogens is 392 g/mol. The third-order valence-electron chi connectivity index (χ3n) is 4.58. The number of rotatable bonds is 6. The van der Waals surface area contributed by atoms with Crippen LogP contribution in [-0.4, -0.2) is 28.5 Å². The van der Waals surface area contributed by atoms with Crippen LogP contribution < -0.4 is 5.32 Å². The van der Waals surface area contributed by atoms with E-state index in [0.29, 0.717) is 11.3 Å². The van der Waals surface area contributed by atoms with Crippen LogP contribution in [0.1, 0.15) is 51.7 Å². The molecule has 2 aromatic heterocycles. The van der Waals surface area contributed by atoms with Gasteiger partial charge in [0.05, 0.1) is 12.7 Å². The number of hydrogen-bond donors (Lipinski definition) is 1. The zero-order valence-electron chi connectivity index (χ0n) is 16.8. The average molecular weight is 413 g/mol. The highest BCUT2D eigenvalue weighted by molar-refractivity contribution is 6.03. The van der Waals surface area contributed by atoms with E-state index < -0.39 is 23.5 Å². The minimum Gasteiger partial charge on any atom is -0.465 e. The smallest absolute Gasteiger partial charge is 0.339 e. The zero-order chi connectivity index (χ0) is 21.8. The topological polar surface area (TPSA) is 73.2 Å². The number of amides is 1. The fourth-order valence-electron chi connectivity index (χ4n) is 2.89. The number of carbonyl (C=O) groups excluding carboxylic acids is 2. The molecule has 8 heteroatoms. The van der Waals surface area contributed by atoms with Gasteiger partial charge in [0.1, 0.15) is 11.5 Å². The van der Waals surface area contributed by atoms with Crippen molar-refractivity contribution in [3.63, 3.8) is 0 Å². The predicted molar refractivity (Wildman–Crippen MR) is 108 cm³/mol. The number of nitrogens with zero attached hydrogens (tertiary/aromatic N) is 2. The van der Waals surface area contributed by atoms with Crippen LogP contribution in [0.25, 0.3) is 0 Å². The number of anilines is 1. The summed E-state index contributed by atoms with van der Waals surface area (Å²) in [5, 5.41) is 2.68. The Labute approximate surface area is 172 Å². The van der Waals surface area contributed by atoms with Crippen LogP contribution in [0.3, 0.4) is 0 Å². The lowest BCUT2D eigenvalue weighted by atomic mass is 10.1. The van der Waals surface area contributed by atoms with E-state index >= 15 is 0 Å². The number of methoxy groups -OCH3 is 1. The SMILES string of the molecule is COC(=O)c1ccc(NC(=O)c2cc(C(C)C)cn2Cc2ccc(F)c(F)c2)nc1. The minimum absolute atomic E-state index is 0.167. The van der Waals surface area contributed by atoms with Crippen LogP contribution in [0.15, 0.2) is 48.8 Å². The molecule has 2 heterocycles. The van der Waals surface area contributed by atoms with E-state index in [1.165, 1.54) is 31.5 Å². The number of nitrogens with one attached hydrogen (secondary N) is 1. The lowest BCUT2D eigenvalue weighted by Gasteiger charge is -2.10. The van der Waals surface area contributed by atoms with Crippen LogP contribution in [0, 0.1) is 11.6 Å². The number of aromatic nitrogens is 2. The largest absolute Gasteiger partial charge is 0.465 e. The highest BCUT2D eigenvalue weighted by atomic mass is 19.2. The summed E-state index contributed by atoms with van der Waals surface area (Å²) in [6.07, 6.45) is 3.12. The molecule has 3 rings (SSSR count). The van der Waals surface area contributed by atoms with Crippen molar-refractivity contribution >= 4 is 17.7 Å². The average Bonchev–Trinajstić information content (AvgIpc) is 3.15. The first-order valence-corrected chi connectivity index (χ1v) is 9.28. The number of hydrogen-bond acceptors (Lipinski definition) is 4. The molecule has 0 atom stereocenters. The molecule has 1 amide bonds. The maximum atomic E-state index is 13.6. The van der Waals surface area contributed by atoms with Gasteiger partial charge in [-0.25, -0.2) is 18.6 Å². The maximum Gasteiger partial charge on any atom is 0.339 e. The standard InChI is InChI=1S/C22H21F2N3O3/c1-13(2)16-9-19(27(12-16)11-14-4-6-17(23)18(24)8-14)21(28)26-20-7-5-15(10-25-20)22(29)30-3/h4-10,12-13H,11H2,1-3H3,(H,25,26,28). The number of ether oxygens (including phenoxy) is 1. The monoisotopic (exact) mass is 413 g/mol. The Balaban J connectivity index is 1.85. The molecule has 0 bridgehead atoms. The number of benzene rings is 1. The second kappa shape index (κ2) is 8.86. The second-order valence-electron chi connectivity index (χ2n) is 7.07. The maximum absolute atomic E-state index is 13.6. The molecule has 30 heavy (non-hydrogen) atoms. The second-order valence-corrected chi connectivity index (χ2v) is 7.07. The van der Waals surface area contributed by atoms with Crippen molar-refractivity contribution in [2.24, 2.45) is 0 Å². The first-order chi connectivity index (χ1) is 14.3. The molecule has 0 aliphatic heterocycles. The van der Waals surface area contributed by atoms with E-state index in [4.69, 9.17) is 0 Å². The Kier molecular flexibility index (Phi) is 6.25. The minimum atomic E-state index is -0.940. The van der Waals surface area contributed by atoms with Crippen LogP contribution >= 0.6 is 0 Å². The Hall–Kier alpha value is -3.55. The van der Waals surface area contributed by atoms with Crippen molar-refractivity contribution in [1.29, 1.82) is 0 Å². The lowest BCUT2D eigenvalue weighted by molar-refractivity contribution is 0.0600. The third-order valence-corrected chi connectivity index (χ3v) is 4.58. The summed E-state index contributed by atoms with van der Waals surface area (Å²) < 4.78 is 33.1. The lowest BCUT2D eigenvalue weighted by Crippen LogP contribution is -2.18. The molecule has 0 unspecified atom stereocenters. The first kappa shape index (κ1) is 21.2. The highest BCUT2D eigenvalue weighted by Crippen LogP contribution is 2.21. The molecule has 0 saturated carbocycles. The molecule has 0 fully saturated rings. The van der Waals surface area contributed by atoms with Crippen molar-refractivity contribution in [3.8, 4) is 0 Å². The van der Waals surface area contributed by atoms with E-state index in [1.807, 2.05) is 20.0 Å². The number of esters is 1. The predicted octanol–water partition coefficient (Wildman–Crippen LogP) is 4.37. The van der Waals surface area contributed by atoms with Crippen molar-refractivity contribution < 1.29 is 23.1 Å². The van der Waals surface area contributed by atoms with Crippen LogP contribution in [0.4, 0.5) is 14.6 Å².